The molecule has 0 aliphatic rings. The van der Waals surface area contributed by atoms with Gasteiger partial charge in [0, 0.05) is 1.37 Å². The Morgan fingerprint density at radius 3 is 2.11 bits per heavy atom. The molecule has 0 N–H and O–H groups in total. The normalized spacial score (nSPS) is 16.4. The van der Waals surface area contributed by atoms with E-state index in [9.17, 15) is 0 Å². The Bertz CT molecular complexity index is 147. The van der Waals surface area contributed by atoms with Crippen molar-refractivity contribution in [1.29, 1.82) is 0 Å². The Hall–Kier alpha value is -0.520. The Balaban J connectivity index is 4.39. The highest BCUT2D eigenvalue weighted by Gasteiger charge is 1.94. The summed E-state index contributed by atoms with van der Waals surface area (Å²) in [5.74, 6) is -0.457. The van der Waals surface area contributed by atoms with Gasteiger partial charge in [-0.15, -0.1) is 0 Å². The molecule has 0 aromatic carbocycles. The van der Waals surface area contributed by atoms with Gasteiger partial charge in [0.1, 0.15) is 0 Å². The van der Waals surface area contributed by atoms with Crippen LogP contribution in [0.4, 0.5) is 0 Å². The second-order valence-electron chi connectivity index (χ2n) is 2.24. The Morgan fingerprint density at radius 2 is 2.00 bits per heavy atom. The van der Waals surface area contributed by atoms with Crippen molar-refractivity contribution in [2.45, 2.75) is 27.7 Å². The molecule has 0 aliphatic carbocycles. The summed E-state index contributed by atoms with van der Waals surface area (Å²) in [5, 5.41) is 0. The fourth-order valence-electron chi connectivity index (χ4n) is 0.731. The first kappa shape index (κ1) is 6.60. The molecule has 0 radical (unpaired) electrons. The lowest BCUT2D eigenvalue weighted by molar-refractivity contribution is 0.789. The monoisotopic (exact) mass is 125 g/mol. The fraction of sp³-hybridized carbons (Fsp3) is 0.556. The molecule has 0 atom stereocenters. The second-order valence-corrected chi connectivity index (χ2v) is 2.24. The molecule has 0 heterocycles. The quantitative estimate of drug-likeness (QED) is 0.497. The largest absolute Gasteiger partial charge is 0.0874 e. The van der Waals surface area contributed by atoms with E-state index in [1.807, 2.05) is 45.9 Å². The first-order valence-corrected chi connectivity index (χ1v) is 3.32. The molecule has 0 aliphatic heterocycles. The van der Waals surface area contributed by atoms with Gasteiger partial charge in [0.05, 0.1) is 0 Å². The van der Waals surface area contributed by atoms with E-state index < -0.39 is 5.89 Å². The number of allylic oxidation sites excluding steroid dienone is 4. The van der Waals surface area contributed by atoms with Crippen LogP contribution in [0.3, 0.4) is 0 Å². The van der Waals surface area contributed by atoms with Crippen LogP contribution in [0, 0.1) is 5.89 Å². The van der Waals surface area contributed by atoms with Crippen LogP contribution in [-0.4, -0.2) is 0 Å². The predicted octanol–water partition coefficient (Wildman–Crippen LogP) is 3.16. The van der Waals surface area contributed by atoms with E-state index >= 15 is 0 Å². The molecule has 0 heteroatoms. The molecule has 0 aromatic heterocycles. The van der Waals surface area contributed by atoms with Crippen molar-refractivity contribution in [1.82, 2.24) is 0 Å². The third-order valence-electron chi connectivity index (χ3n) is 1.23. The molecular weight excluding hydrogens is 108 g/mol. The molecule has 0 saturated carbocycles. The minimum Gasteiger partial charge on any atom is -0.0874 e. The van der Waals surface area contributed by atoms with Crippen molar-refractivity contribution in [2.24, 2.45) is 5.89 Å². The van der Waals surface area contributed by atoms with E-state index in [-0.39, 0.29) is 0 Å². The highest BCUT2D eigenvalue weighted by atomic mass is 14.0. The van der Waals surface area contributed by atoms with E-state index in [1.54, 1.807) is 0 Å². The van der Waals surface area contributed by atoms with Crippen LogP contribution in [0.1, 0.15) is 29.1 Å². The second kappa shape index (κ2) is 4.37. The summed E-state index contributed by atoms with van der Waals surface area (Å²) in [4.78, 5) is 0. The highest BCUT2D eigenvalue weighted by Crippen LogP contribution is 2.09. The molecule has 0 aromatic rings. The molecule has 0 rings (SSSR count). The summed E-state index contributed by atoms with van der Waals surface area (Å²) >= 11 is 0. The Kier molecular flexibility index (Phi) is 3.20. The lowest BCUT2D eigenvalue weighted by atomic mass is 10.0. The maximum Gasteiger partial charge on any atom is 0.0346 e. The maximum absolute atomic E-state index is 7.67. The van der Waals surface area contributed by atoms with Crippen molar-refractivity contribution in [3.05, 3.63) is 23.8 Å². The molecule has 9 heavy (non-hydrogen) atoms. The SMILES string of the molecule is [2H]C(C)(C)C(/C=C\C)=C/C. The van der Waals surface area contributed by atoms with Crippen LogP contribution in [0.5, 0.6) is 0 Å². The molecule has 0 amide bonds. The summed E-state index contributed by atoms with van der Waals surface area (Å²) in [5.41, 5.74) is 1.06. The fourth-order valence-corrected chi connectivity index (χ4v) is 0.731. The molecule has 0 unspecified atom stereocenters. The Morgan fingerprint density at radius 1 is 1.44 bits per heavy atom. The third-order valence-corrected chi connectivity index (χ3v) is 1.23. The van der Waals surface area contributed by atoms with Crippen molar-refractivity contribution in [2.75, 3.05) is 0 Å². The zero-order valence-electron chi connectivity index (χ0n) is 7.73. The van der Waals surface area contributed by atoms with Crippen LogP contribution < -0.4 is 0 Å². The number of rotatable bonds is 2. The molecule has 52 valence electrons. The van der Waals surface area contributed by atoms with Gasteiger partial charge in [0.25, 0.3) is 0 Å². The van der Waals surface area contributed by atoms with Crippen LogP contribution in [0.15, 0.2) is 23.8 Å². The van der Waals surface area contributed by atoms with Crippen molar-refractivity contribution in [3.63, 3.8) is 0 Å². The van der Waals surface area contributed by atoms with Gasteiger partial charge >= 0.3 is 0 Å². The van der Waals surface area contributed by atoms with E-state index in [1.165, 1.54) is 0 Å². The van der Waals surface area contributed by atoms with Crippen LogP contribution >= 0.6 is 0 Å². The standard InChI is InChI=1S/C9H16/c1-5-7-9(6-2)8(3)4/h5-8H,1-4H3/b7-5-,9-6+/i8D. The van der Waals surface area contributed by atoms with E-state index in [2.05, 4.69) is 0 Å². The van der Waals surface area contributed by atoms with E-state index in [0.717, 1.165) is 5.57 Å². The van der Waals surface area contributed by atoms with Crippen molar-refractivity contribution in [3.8, 4) is 0 Å². The van der Waals surface area contributed by atoms with Crippen molar-refractivity contribution < 1.29 is 1.37 Å². The number of hydrogen-bond donors (Lipinski definition) is 0. The lowest BCUT2D eigenvalue weighted by Crippen LogP contribution is -1.88. The third kappa shape index (κ3) is 3.12. The highest BCUT2D eigenvalue weighted by molar-refractivity contribution is 5.18. The summed E-state index contributed by atoms with van der Waals surface area (Å²) in [6, 6.07) is 0. The minimum absolute atomic E-state index is 0.457. The summed E-state index contributed by atoms with van der Waals surface area (Å²) in [7, 11) is 0. The summed E-state index contributed by atoms with van der Waals surface area (Å²) in [6.07, 6.45) is 5.92. The van der Waals surface area contributed by atoms with Gasteiger partial charge in [-0.05, 0) is 19.7 Å². The van der Waals surface area contributed by atoms with Gasteiger partial charge in [-0.3, -0.25) is 0 Å². The average Bonchev–Trinajstić information content (AvgIpc) is 1.80. The topological polar surface area (TPSA) is 0 Å². The molecule has 0 bridgehead atoms. The van der Waals surface area contributed by atoms with Gasteiger partial charge in [0.15, 0.2) is 0 Å². The van der Waals surface area contributed by atoms with Crippen LogP contribution in [-0.2, 0) is 0 Å². The van der Waals surface area contributed by atoms with Gasteiger partial charge in [0.2, 0.25) is 0 Å². The maximum atomic E-state index is 7.67. The first-order chi connectivity index (χ1) is 4.52. The molecular formula is C9H16. The zero-order valence-corrected chi connectivity index (χ0v) is 6.73. The summed E-state index contributed by atoms with van der Waals surface area (Å²) in [6.45, 7) is 7.71. The molecule has 0 spiro atoms. The zero-order chi connectivity index (χ0) is 8.20. The minimum atomic E-state index is -0.457. The first-order valence-electron chi connectivity index (χ1n) is 3.82. The summed E-state index contributed by atoms with van der Waals surface area (Å²) < 4.78 is 7.67. The molecule has 0 nitrogen and oxygen atoms in total. The van der Waals surface area contributed by atoms with Crippen molar-refractivity contribution >= 4 is 0 Å². The Labute approximate surface area is 59.7 Å². The van der Waals surface area contributed by atoms with Crippen LogP contribution in [0.2, 0.25) is 0 Å². The van der Waals surface area contributed by atoms with E-state index in [4.69, 9.17) is 1.37 Å². The predicted molar refractivity (Wildman–Crippen MR) is 43.4 cm³/mol. The molecule has 0 fully saturated rings. The van der Waals surface area contributed by atoms with E-state index in [0.29, 0.717) is 0 Å². The smallest absolute Gasteiger partial charge is 0.0346 e. The number of hydrogen-bond acceptors (Lipinski definition) is 0. The lowest BCUT2D eigenvalue weighted by Gasteiger charge is -2.03. The van der Waals surface area contributed by atoms with Gasteiger partial charge < -0.3 is 0 Å². The van der Waals surface area contributed by atoms with Gasteiger partial charge in [-0.1, -0.05) is 37.6 Å². The van der Waals surface area contributed by atoms with Crippen LogP contribution in [0.25, 0.3) is 0 Å². The average molecular weight is 125 g/mol. The van der Waals surface area contributed by atoms with Gasteiger partial charge in [-0.25, -0.2) is 0 Å². The molecule has 0 saturated heterocycles. The van der Waals surface area contributed by atoms with Gasteiger partial charge in [-0.2, -0.15) is 0 Å².